The number of nitrogens with zero attached hydrogens (tertiary/aromatic N) is 1. The number of nitrogens with one attached hydrogen (secondary N) is 1. The Labute approximate surface area is 212 Å². The van der Waals surface area contributed by atoms with Crippen LogP contribution in [0.15, 0.2) is 47.9 Å². The van der Waals surface area contributed by atoms with E-state index in [0.29, 0.717) is 5.75 Å². The van der Waals surface area contributed by atoms with Crippen LogP contribution in [0.3, 0.4) is 0 Å². The third kappa shape index (κ3) is 3.48. The highest BCUT2D eigenvalue weighted by Crippen LogP contribution is 2.56. The Bertz CT molecular complexity index is 1240. The topological polar surface area (TPSA) is 105 Å². The molecule has 8 nitrogen and oxygen atoms in total. The minimum absolute atomic E-state index is 0.0860. The van der Waals surface area contributed by atoms with E-state index in [-0.39, 0.29) is 41.5 Å². The molecule has 2 amide bonds. The molecule has 1 aromatic carbocycles. The average Bonchev–Trinajstić information content (AvgIpc) is 3.69. The maximum absolute atomic E-state index is 14.0. The van der Waals surface area contributed by atoms with Gasteiger partial charge in [0.05, 0.1) is 37.2 Å². The fraction of sp³-hybridized carbons (Fsp3) is 0.444. The molecule has 2 saturated heterocycles. The second kappa shape index (κ2) is 8.74. The fourth-order valence-electron chi connectivity index (χ4n) is 6.38. The Morgan fingerprint density at radius 3 is 2.78 bits per heavy atom. The lowest BCUT2D eigenvalue weighted by atomic mass is 9.72. The van der Waals surface area contributed by atoms with Crippen LogP contribution in [0.25, 0.3) is 0 Å². The van der Waals surface area contributed by atoms with Gasteiger partial charge in [-0.05, 0) is 36.4 Å². The molecule has 1 aliphatic carbocycles. The summed E-state index contributed by atoms with van der Waals surface area (Å²) < 4.78 is 11.5. The Morgan fingerprint density at radius 2 is 2.08 bits per heavy atom. The molecule has 1 spiro atoms. The summed E-state index contributed by atoms with van der Waals surface area (Å²) in [5.41, 5.74) is -1.11. The number of ketones is 1. The first-order valence-corrected chi connectivity index (χ1v) is 13.2. The summed E-state index contributed by atoms with van der Waals surface area (Å²) in [7, 11) is 1.48. The molecule has 2 bridgehead atoms. The van der Waals surface area contributed by atoms with Crippen LogP contribution < -0.4 is 10.1 Å². The number of ether oxygens (including phenoxy) is 2. The number of amides is 2. The standard InChI is InChI=1S/C27H28N2O6S/c1-34-16-8-9-18(19(30)13-16)23(31)21-20-10-11-27(35-20)22(21)26(33)29(14-17-7-4-12-36-17)24(27)25(32)28-15-5-2-3-6-15/h4,7-13,15,20-22,24,30H,2-3,5-6,14H2,1H3,(H,28,32)/t20-,21-,22+,24+,27-/m1/s1. The molecule has 2 N–H and O–H groups in total. The van der Waals surface area contributed by atoms with Crippen molar-refractivity contribution < 1.29 is 29.0 Å². The third-order valence-corrected chi connectivity index (χ3v) is 8.86. The predicted octanol–water partition coefficient (Wildman–Crippen LogP) is 3.05. The highest BCUT2D eigenvalue weighted by molar-refractivity contribution is 7.09. The molecule has 36 heavy (non-hydrogen) atoms. The van der Waals surface area contributed by atoms with E-state index in [4.69, 9.17) is 9.47 Å². The molecule has 9 heteroatoms. The van der Waals surface area contributed by atoms with Crippen molar-refractivity contribution in [2.45, 2.75) is 56.0 Å². The summed E-state index contributed by atoms with van der Waals surface area (Å²) in [6, 6.07) is 7.54. The molecule has 4 heterocycles. The van der Waals surface area contributed by atoms with E-state index in [1.54, 1.807) is 17.0 Å². The van der Waals surface area contributed by atoms with Gasteiger partial charge < -0.3 is 24.8 Å². The number of likely N-dealkylation sites (tertiary alicyclic amines) is 1. The van der Waals surface area contributed by atoms with Crippen molar-refractivity contribution in [3.8, 4) is 11.5 Å². The van der Waals surface area contributed by atoms with Gasteiger partial charge in [-0.3, -0.25) is 14.4 Å². The predicted molar refractivity (Wildman–Crippen MR) is 132 cm³/mol. The first-order chi connectivity index (χ1) is 17.4. The molecule has 1 saturated carbocycles. The smallest absolute Gasteiger partial charge is 0.246 e. The van der Waals surface area contributed by atoms with E-state index >= 15 is 0 Å². The van der Waals surface area contributed by atoms with Gasteiger partial charge in [-0.1, -0.05) is 31.1 Å². The van der Waals surface area contributed by atoms with Gasteiger partial charge in [0.25, 0.3) is 0 Å². The highest BCUT2D eigenvalue weighted by Gasteiger charge is 2.72. The number of phenolic OH excluding ortho intramolecular Hbond substituents is 1. The van der Waals surface area contributed by atoms with E-state index in [1.165, 1.54) is 30.6 Å². The molecule has 3 fully saturated rings. The van der Waals surface area contributed by atoms with Crippen LogP contribution in [0.1, 0.15) is 40.9 Å². The molecular weight excluding hydrogens is 480 g/mol. The number of rotatable bonds is 7. The van der Waals surface area contributed by atoms with Crippen molar-refractivity contribution in [2.24, 2.45) is 11.8 Å². The van der Waals surface area contributed by atoms with Crippen molar-refractivity contribution in [3.63, 3.8) is 0 Å². The van der Waals surface area contributed by atoms with Crippen LogP contribution in [0.2, 0.25) is 0 Å². The first-order valence-electron chi connectivity index (χ1n) is 12.3. The van der Waals surface area contributed by atoms with E-state index in [9.17, 15) is 19.5 Å². The molecule has 1 aromatic heterocycles. The summed E-state index contributed by atoms with van der Waals surface area (Å²) in [6.45, 7) is 0.272. The van der Waals surface area contributed by atoms with E-state index < -0.39 is 29.6 Å². The van der Waals surface area contributed by atoms with Gasteiger partial charge in [0.1, 0.15) is 23.1 Å². The van der Waals surface area contributed by atoms with Crippen molar-refractivity contribution in [1.29, 1.82) is 0 Å². The van der Waals surface area contributed by atoms with Crippen molar-refractivity contribution in [1.82, 2.24) is 10.2 Å². The number of aromatic hydroxyl groups is 1. The minimum atomic E-state index is -1.22. The molecule has 4 aliphatic rings. The van der Waals surface area contributed by atoms with Crippen LogP contribution in [0.4, 0.5) is 0 Å². The number of methoxy groups -OCH3 is 1. The van der Waals surface area contributed by atoms with Gasteiger partial charge in [0, 0.05) is 17.0 Å². The zero-order chi connectivity index (χ0) is 25.0. The Kier molecular flexibility index (Phi) is 5.64. The lowest BCUT2D eigenvalue weighted by Gasteiger charge is -2.32. The second-order valence-corrected chi connectivity index (χ2v) is 11.0. The molecule has 6 rings (SSSR count). The van der Waals surface area contributed by atoms with Crippen molar-refractivity contribution >= 4 is 28.9 Å². The fourth-order valence-corrected chi connectivity index (χ4v) is 7.09. The van der Waals surface area contributed by atoms with E-state index in [0.717, 1.165) is 30.6 Å². The number of Topliss-reactive ketones (excluding diaryl/α,β-unsaturated/α-hetero) is 1. The summed E-state index contributed by atoms with van der Waals surface area (Å²) >= 11 is 1.52. The number of benzene rings is 1. The van der Waals surface area contributed by atoms with Crippen LogP contribution in [-0.2, 0) is 20.9 Å². The van der Waals surface area contributed by atoms with Gasteiger partial charge in [-0.25, -0.2) is 0 Å². The molecule has 0 radical (unpaired) electrons. The Balaban J connectivity index is 1.37. The number of thiophene rings is 1. The number of hydrogen-bond acceptors (Lipinski definition) is 7. The summed E-state index contributed by atoms with van der Waals surface area (Å²) in [4.78, 5) is 44.0. The molecule has 3 aliphatic heterocycles. The largest absolute Gasteiger partial charge is 0.507 e. The van der Waals surface area contributed by atoms with Crippen LogP contribution in [0.5, 0.6) is 11.5 Å². The Hall–Kier alpha value is -3.17. The normalized spacial score (nSPS) is 30.7. The highest BCUT2D eigenvalue weighted by atomic mass is 32.1. The van der Waals surface area contributed by atoms with Crippen LogP contribution in [0, 0.1) is 11.8 Å². The van der Waals surface area contributed by atoms with Gasteiger partial charge in [0.2, 0.25) is 11.8 Å². The number of carbonyl (C=O) groups excluding carboxylic acids is 3. The van der Waals surface area contributed by atoms with Gasteiger partial charge in [0.15, 0.2) is 5.78 Å². The SMILES string of the molecule is COc1ccc(C(=O)[C@H]2[C@H]3C(=O)N(Cc4cccs4)[C@@H](C(=O)NC4CCCC4)[C@@]34C=C[C@H]2O4)c(O)c1. The zero-order valence-corrected chi connectivity index (χ0v) is 20.7. The first kappa shape index (κ1) is 23.2. The minimum Gasteiger partial charge on any atom is -0.507 e. The molecule has 5 atom stereocenters. The van der Waals surface area contributed by atoms with Gasteiger partial charge >= 0.3 is 0 Å². The average molecular weight is 509 g/mol. The monoisotopic (exact) mass is 508 g/mol. The quantitative estimate of drug-likeness (QED) is 0.440. The van der Waals surface area contributed by atoms with Crippen molar-refractivity contribution in [3.05, 3.63) is 58.3 Å². The van der Waals surface area contributed by atoms with Gasteiger partial charge in [-0.15, -0.1) is 11.3 Å². The number of carbonyl (C=O) groups is 3. The maximum atomic E-state index is 14.0. The summed E-state index contributed by atoms with van der Waals surface area (Å²) in [6.07, 6.45) is 6.94. The maximum Gasteiger partial charge on any atom is 0.246 e. The molecule has 188 valence electrons. The number of phenols is 1. The van der Waals surface area contributed by atoms with Crippen molar-refractivity contribution in [2.75, 3.05) is 7.11 Å². The molecular formula is C27H28N2O6S. The van der Waals surface area contributed by atoms with Gasteiger partial charge in [-0.2, -0.15) is 0 Å². The van der Waals surface area contributed by atoms with E-state index in [2.05, 4.69) is 5.32 Å². The zero-order valence-electron chi connectivity index (χ0n) is 19.9. The Morgan fingerprint density at radius 1 is 1.28 bits per heavy atom. The molecule has 0 unspecified atom stereocenters. The lowest BCUT2D eigenvalue weighted by molar-refractivity contribution is -0.140. The number of fused-ring (bicyclic) bond motifs is 1. The second-order valence-electron chi connectivity index (χ2n) is 9.98. The van der Waals surface area contributed by atoms with Crippen LogP contribution in [-0.4, -0.2) is 58.5 Å². The van der Waals surface area contributed by atoms with E-state index in [1.807, 2.05) is 23.6 Å². The molecule has 2 aromatic rings. The summed E-state index contributed by atoms with van der Waals surface area (Å²) in [5, 5.41) is 15.6. The van der Waals surface area contributed by atoms with Crippen LogP contribution >= 0.6 is 11.3 Å². The number of hydrogen-bond donors (Lipinski definition) is 2. The third-order valence-electron chi connectivity index (χ3n) is 8.00. The summed E-state index contributed by atoms with van der Waals surface area (Å²) in [5.74, 6) is -2.35. The lowest BCUT2D eigenvalue weighted by Crippen LogP contribution is -2.55.